The third-order valence-corrected chi connectivity index (χ3v) is 5.77. The van der Waals surface area contributed by atoms with E-state index in [1.807, 2.05) is 30.3 Å². The first kappa shape index (κ1) is 18.5. The molecule has 3 aromatic rings. The Labute approximate surface area is 156 Å². The highest BCUT2D eigenvalue weighted by atomic mass is 32.2. The van der Waals surface area contributed by atoms with Gasteiger partial charge in [-0.1, -0.05) is 24.3 Å². The summed E-state index contributed by atoms with van der Waals surface area (Å²) in [4.78, 5) is 14.4. The van der Waals surface area contributed by atoms with Crippen molar-refractivity contribution in [2.45, 2.75) is 11.8 Å². The number of hydrogen-bond acceptors (Lipinski definition) is 6. The molecule has 0 N–H and O–H groups in total. The number of non-ortho nitro benzene ring substituents is 1. The van der Waals surface area contributed by atoms with Crippen molar-refractivity contribution < 1.29 is 13.3 Å². The number of sulfonamides is 1. The molecule has 0 unspecified atom stereocenters. The number of hydrazone groups is 1. The van der Waals surface area contributed by atoms with E-state index in [4.69, 9.17) is 0 Å². The summed E-state index contributed by atoms with van der Waals surface area (Å²) in [6, 6.07) is 13.1. The maximum Gasteiger partial charge on any atom is 0.279 e. The zero-order chi connectivity index (χ0) is 19.6. The van der Waals surface area contributed by atoms with Crippen LogP contribution in [0.2, 0.25) is 0 Å². The first-order chi connectivity index (χ1) is 12.8. The van der Waals surface area contributed by atoms with Gasteiger partial charge in [-0.2, -0.15) is 17.9 Å². The highest BCUT2D eigenvalue weighted by Gasteiger charge is 2.24. The Bertz CT molecular complexity index is 1160. The molecule has 8 nitrogen and oxygen atoms in total. The van der Waals surface area contributed by atoms with Gasteiger partial charge in [0.05, 0.1) is 21.6 Å². The van der Waals surface area contributed by atoms with E-state index >= 15 is 0 Å². The van der Waals surface area contributed by atoms with Crippen LogP contribution in [0.5, 0.6) is 0 Å². The van der Waals surface area contributed by atoms with Gasteiger partial charge in [0.15, 0.2) is 0 Å². The number of pyridine rings is 1. The molecule has 27 heavy (non-hydrogen) atoms. The largest absolute Gasteiger partial charge is 0.279 e. The standard InChI is InChI=1S/C18H16N4O4S/c1-13-7-8-16(22(23)24)10-18(13)27(25,26)21(2)20-12-14-9-15-5-3-4-6-17(15)19-11-14/h3-12H,1-2H3/b20-12+. The highest BCUT2D eigenvalue weighted by Crippen LogP contribution is 2.24. The van der Waals surface area contributed by atoms with E-state index in [2.05, 4.69) is 10.1 Å². The Morgan fingerprint density at radius 2 is 1.93 bits per heavy atom. The van der Waals surface area contributed by atoms with E-state index in [0.717, 1.165) is 21.4 Å². The topological polar surface area (TPSA) is 106 Å². The van der Waals surface area contributed by atoms with E-state index in [-0.39, 0.29) is 10.6 Å². The van der Waals surface area contributed by atoms with Gasteiger partial charge in [-0.05, 0) is 24.6 Å². The summed E-state index contributed by atoms with van der Waals surface area (Å²) in [7, 11) is -2.75. The molecule has 138 valence electrons. The minimum absolute atomic E-state index is 0.159. The molecule has 2 aromatic carbocycles. The molecule has 0 fully saturated rings. The molecule has 0 saturated carbocycles. The lowest BCUT2D eigenvalue weighted by atomic mass is 10.2. The molecule has 0 saturated heterocycles. The third-order valence-electron chi connectivity index (χ3n) is 3.99. The van der Waals surface area contributed by atoms with Gasteiger partial charge in [0.2, 0.25) is 0 Å². The molecule has 0 bridgehead atoms. The average molecular weight is 384 g/mol. The number of nitrogens with zero attached hydrogens (tertiary/aromatic N) is 4. The molecule has 3 rings (SSSR count). The molecule has 0 aliphatic carbocycles. The number of aryl methyl sites for hydroxylation is 1. The van der Waals surface area contributed by atoms with Crippen LogP contribution >= 0.6 is 0 Å². The van der Waals surface area contributed by atoms with Gasteiger partial charge in [-0.25, -0.2) is 0 Å². The zero-order valence-corrected chi connectivity index (χ0v) is 15.4. The Balaban J connectivity index is 1.91. The molecule has 1 heterocycles. The lowest BCUT2D eigenvalue weighted by molar-refractivity contribution is -0.385. The van der Waals surface area contributed by atoms with Crippen molar-refractivity contribution in [3.05, 3.63) is 76.0 Å². The van der Waals surface area contributed by atoms with Crippen molar-refractivity contribution in [2.75, 3.05) is 7.05 Å². The van der Waals surface area contributed by atoms with Crippen molar-refractivity contribution in [3.63, 3.8) is 0 Å². The van der Waals surface area contributed by atoms with Gasteiger partial charge < -0.3 is 0 Å². The van der Waals surface area contributed by atoms with Crippen LogP contribution in [0.4, 0.5) is 5.69 Å². The highest BCUT2D eigenvalue weighted by molar-refractivity contribution is 7.89. The van der Waals surface area contributed by atoms with Crippen LogP contribution < -0.4 is 0 Å². The van der Waals surface area contributed by atoms with Crippen LogP contribution in [-0.2, 0) is 10.0 Å². The van der Waals surface area contributed by atoms with Gasteiger partial charge in [0, 0.05) is 36.3 Å². The Kier molecular flexibility index (Phi) is 4.87. The summed E-state index contributed by atoms with van der Waals surface area (Å²) in [6.45, 7) is 1.57. The van der Waals surface area contributed by atoms with Gasteiger partial charge in [-0.15, -0.1) is 0 Å². The zero-order valence-electron chi connectivity index (χ0n) is 14.6. The second-order valence-electron chi connectivity index (χ2n) is 5.85. The number of hydrogen-bond donors (Lipinski definition) is 0. The number of nitro groups is 1. The van der Waals surface area contributed by atoms with Crippen molar-refractivity contribution in [1.29, 1.82) is 0 Å². The molecular formula is C18H16N4O4S. The maximum absolute atomic E-state index is 12.7. The first-order valence-electron chi connectivity index (χ1n) is 7.92. The second kappa shape index (κ2) is 7.12. The molecule has 9 heteroatoms. The first-order valence-corrected chi connectivity index (χ1v) is 9.36. The van der Waals surface area contributed by atoms with Crippen molar-refractivity contribution in [2.24, 2.45) is 5.10 Å². The van der Waals surface area contributed by atoms with Crippen LogP contribution in [0, 0.1) is 17.0 Å². The predicted molar refractivity (Wildman–Crippen MR) is 102 cm³/mol. The van der Waals surface area contributed by atoms with Gasteiger partial charge in [-0.3, -0.25) is 15.1 Å². The number of rotatable bonds is 5. The fraction of sp³-hybridized carbons (Fsp3) is 0.111. The lowest BCUT2D eigenvalue weighted by Crippen LogP contribution is -2.22. The molecule has 0 atom stereocenters. The summed E-state index contributed by atoms with van der Waals surface area (Å²) in [5.41, 5.74) is 1.56. The molecule has 1 aromatic heterocycles. The molecule has 0 amide bonds. The monoisotopic (exact) mass is 384 g/mol. The van der Waals surface area contributed by atoms with E-state index < -0.39 is 14.9 Å². The minimum Gasteiger partial charge on any atom is -0.258 e. The molecule has 0 aliphatic rings. The van der Waals surface area contributed by atoms with E-state index in [1.165, 1.54) is 25.4 Å². The summed E-state index contributed by atoms with van der Waals surface area (Å²) in [6.07, 6.45) is 2.97. The van der Waals surface area contributed by atoms with E-state index in [9.17, 15) is 18.5 Å². The fourth-order valence-electron chi connectivity index (χ4n) is 2.49. The van der Waals surface area contributed by atoms with Crippen LogP contribution in [0.3, 0.4) is 0 Å². The van der Waals surface area contributed by atoms with Crippen LogP contribution in [0.25, 0.3) is 10.9 Å². The number of fused-ring (bicyclic) bond motifs is 1. The number of para-hydroxylation sites is 1. The smallest absolute Gasteiger partial charge is 0.258 e. The molecule has 0 aliphatic heterocycles. The SMILES string of the molecule is Cc1ccc([N+](=O)[O-])cc1S(=O)(=O)N(C)/N=C/c1cnc2ccccc2c1. The van der Waals surface area contributed by atoms with Gasteiger partial charge in [0.25, 0.3) is 15.7 Å². The Morgan fingerprint density at radius 1 is 1.19 bits per heavy atom. The lowest BCUT2D eigenvalue weighted by Gasteiger charge is -2.15. The maximum atomic E-state index is 12.7. The summed E-state index contributed by atoms with van der Waals surface area (Å²) in [5.74, 6) is 0. The van der Waals surface area contributed by atoms with Crippen molar-refractivity contribution in [1.82, 2.24) is 9.40 Å². The van der Waals surface area contributed by atoms with Crippen LogP contribution in [0.15, 0.2) is 64.7 Å². The van der Waals surface area contributed by atoms with E-state index in [1.54, 1.807) is 13.1 Å². The average Bonchev–Trinajstić information content (AvgIpc) is 2.65. The van der Waals surface area contributed by atoms with Crippen LogP contribution in [-0.4, -0.2) is 36.0 Å². The number of aromatic nitrogens is 1. The normalized spacial score (nSPS) is 11.8. The fourth-order valence-corrected chi connectivity index (χ4v) is 3.69. The van der Waals surface area contributed by atoms with Gasteiger partial charge in [0.1, 0.15) is 0 Å². The summed E-state index contributed by atoms with van der Waals surface area (Å²) >= 11 is 0. The number of benzene rings is 2. The Morgan fingerprint density at radius 3 is 2.67 bits per heavy atom. The third kappa shape index (κ3) is 3.77. The molecular weight excluding hydrogens is 368 g/mol. The van der Waals surface area contributed by atoms with Crippen molar-refractivity contribution in [3.8, 4) is 0 Å². The summed E-state index contributed by atoms with van der Waals surface area (Å²) < 4.78 is 26.3. The van der Waals surface area contributed by atoms with Crippen molar-refractivity contribution >= 4 is 32.8 Å². The number of nitro benzene ring substituents is 1. The molecule has 0 spiro atoms. The summed E-state index contributed by atoms with van der Waals surface area (Å²) in [5, 5.41) is 15.8. The van der Waals surface area contributed by atoms with E-state index in [0.29, 0.717) is 11.1 Å². The molecule has 0 radical (unpaired) electrons. The predicted octanol–water partition coefficient (Wildman–Crippen LogP) is 3.11. The minimum atomic E-state index is -4.03. The quantitative estimate of drug-likeness (QED) is 0.382. The van der Waals surface area contributed by atoms with Gasteiger partial charge >= 0.3 is 0 Å². The second-order valence-corrected chi connectivity index (χ2v) is 7.77. The van der Waals surface area contributed by atoms with Crippen LogP contribution in [0.1, 0.15) is 11.1 Å². The Hall–Kier alpha value is -3.33.